The van der Waals surface area contributed by atoms with Crippen LogP contribution in [0.1, 0.15) is 37.3 Å². The Hall–Kier alpha value is -2.08. The topological polar surface area (TPSA) is 71.1 Å². The maximum atomic E-state index is 12.5. The summed E-state index contributed by atoms with van der Waals surface area (Å²) >= 11 is 0. The predicted molar refractivity (Wildman–Crippen MR) is 99.0 cm³/mol. The first kappa shape index (κ1) is 18.3. The summed E-state index contributed by atoms with van der Waals surface area (Å²) in [5.74, 6) is 0.751. The zero-order valence-corrected chi connectivity index (χ0v) is 15.3. The minimum atomic E-state index is -3.61. The van der Waals surface area contributed by atoms with Crippen molar-refractivity contribution in [1.82, 2.24) is 4.98 Å². The first-order chi connectivity index (χ1) is 11.4. The van der Waals surface area contributed by atoms with Crippen LogP contribution in [0, 0.1) is 13.8 Å². The van der Waals surface area contributed by atoms with Gasteiger partial charge in [-0.3, -0.25) is 4.72 Å². The summed E-state index contributed by atoms with van der Waals surface area (Å²) in [4.78, 5) is 4.55. The molecular formula is C18H25N3O2S. The van der Waals surface area contributed by atoms with Crippen molar-refractivity contribution in [3.8, 4) is 0 Å². The molecule has 6 heteroatoms. The molecule has 5 nitrogen and oxygen atoms in total. The molecule has 2 N–H and O–H groups in total. The average Bonchev–Trinajstić information content (AvgIpc) is 2.55. The lowest BCUT2D eigenvalue weighted by atomic mass is 10.2. The van der Waals surface area contributed by atoms with Crippen molar-refractivity contribution < 1.29 is 8.42 Å². The van der Waals surface area contributed by atoms with Crippen LogP contribution in [-0.4, -0.2) is 19.9 Å². The molecule has 0 bridgehead atoms. The van der Waals surface area contributed by atoms with E-state index in [1.54, 1.807) is 25.1 Å². The number of hydrogen-bond acceptors (Lipinski definition) is 4. The summed E-state index contributed by atoms with van der Waals surface area (Å²) in [6, 6.07) is 8.89. The number of anilines is 2. The van der Waals surface area contributed by atoms with Crippen LogP contribution < -0.4 is 10.0 Å². The number of nitrogens with zero attached hydrogens (tertiary/aromatic N) is 1. The Morgan fingerprint density at radius 1 is 1.08 bits per heavy atom. The van der Waals surface area contributed by atoms with E-state index in [2.05, 4.69) is 21.9 Å². The smallest absolute Gasteiger partial charge is 0.262 e. The van der Waals surface area contributed by atoms with Gasteiger partial charge in [-0.15, -0.1) is 0 Å². The summed E-state index contributed by atoms with van der Waals surface area (Å²) in [5, 5.41) is 3.23. The number of hydrogen-bond donors (Lipinski definition) is 2. The zero-order valence-electron chi connectivity index (χ0n) is 14.5. The Balaban J connectivity index is 2.06. The molecule has 0 amide bonds. The molecule has 0 saturated carbocycles. The number of benzene rings is 1. The minimum absolute atomic E-state index is 0.296. The van der Waals surface area contributed by atoms with Crippen LogP contribution in [0.3, 0.4) is 0 Å². The summed E-state index contributed by atoms with van der Waals surface area (Å²) in [7, 11) is -3.61. The van der Waals surface area contributed by atoms with E-state index < -0.39 is 10.0 Å². The second kappa shape index (κ2) is 8.15. The van der Waals surface area contributed by atoms with E-state index in [0.717, 1.165) is 29.9 Å². The van der Waals surface area contributed by atoms with Gasteiger partial charge in [0.15, 0.2) is 0 Å². The molecule has 24 heavy (non-hydrogen) atoms. The van der Waals surface area contributed by atoms with Crippen molar-refractivity contribution in [2.24, 2.45) is 0 Å². The van der Waals surface area contributed by atoms with Gasteiger partial charge in [-0.2, -0.15) is 0 Å². The molecule has 2 aromatic rings. The molecule has 1 aromatic heterocycles. The maximum absolute atomic E-state index is 12.5. The van der Waals surface area contributed by atoms with Crippen molar-refractivity contribution in [1.29, 1.82) is 0 Å². The molecule has 0 fully saturated rings. The largest absolute Gasteiger partial charge is 0.370 e. The van der Waals surface area contributed by atoms with Crippen molar-refractivity contribution in [2.75, 3.05) is 16.6 Å². The highest BCUT2D eigenvalue weighted by atomic mass is 32.2. The first-order valence-corrected chi connectivity index (χ1v) is 9.70. The van der Waals surface area contributed by atoms with Crippen molar-refractivity contribution in [3.05, 3.63) is 47.7 Å². The van der Waals surface area contributed by atoms with Crippen molar-refractivity contribution in [2.45, 2.75) is 44.9 Å². The lowest BCUT2D eigenvalue weighted by molar-refractivity contribution is 0.600. The Labute approximate surface area is 144 Å². The van der Waals surface area contributed by atoms with Crippen LogP contribution in [-0.2, 0) is 10.0 Å². The Kier molecular flexibility index (Phi) is 6.20. The second-order valence-corrected chi connectivity index (χ2v) is 7.59. The molecule has 0 aliphatic heterocycles. The molecule has 1 heterocycles. The summed E-state index contributed by atoms with van der Waals surface area (Å²) < 4.78 is 27.7. The Bertz CT molecular complexity index is 771. The number of pyridine rings is 1. The van der Waals surface area contributed by atoms with Gasteiger partial charge in [-0.1, -0.05) is 31.9 Å². The monoisotopic (exact) mass is 347 g/mol. The third-order valence-electron chi connectivity index (χ3n) is 3.74. The van der Waals surface area contributed by atoms with Crippen molar-refractivity contribution in [3.63, 3.8) is 0 Å². The van der Waals surface area contributed by atoms with E-state index in [0.29, 0.717) is 10.6 Å². The highest BCUT2D eigenvalue weighted by Crippen LogP contribution is 2.20. The Morgan fingerprint density at radius 3 is 2.54 bits per heavy atom. The molecule has 0 radical (unpaired) electrons. The molecule has 2 rings (SSSR count). The lowest BCUT2D eigenvalue weighted by Crippen LogP contribution is -2.14. The summed E-state index contributed by atoms with van der Waals surface area (Å²) in [6.07, 6.45) is 4.99. The van der Waals surface area contributed by atoms with Gasteiger partial charge in [0.1, 0.15) is 5.82 Å². The van der Waals surface area contributed by atoms with Gasteiger partial charge in [-0.05, 0) is 49.6 Å². The molecule has 130 valence electrons. The molecular weight excluding hydrogens is 322 g/mol. The third kappa shape index (κ3) is 4.96. The quantitative estimate of drug-likeness (QED) is 0.705. The van der Waals surface area contributed by atoms with Gasteiger partial charge in [0.05, 0.1) is 16.8 Å². The van der Waals surface area contributed by atoms with Crippen LogP contribution in [0.2, 0.25) is 0 Å². The van der Waals surface area contributed by atoms with Crippen LogP contribution in [0.5, 0.6) is 0 Å². The fourth-order valence-corrected chi connectivity index (χ4v) is 3.73. The minimum Gasteiger partial charge on any atom is -0.370 e. The molecule has 1 aromatic carbocycles. The number of aromatic nitrogens is 1. The maximum Gasteiger partial charge on any atom is 0.262 e. The first-order valence-electron chi connectivity index (χ1n) is 8.22. The Morgan fingerprint density at radius 2 is 1.88 bits per heavy atom. The SMILES string of the molecule is CCCCCNc1ccc(NS(=O)(=O)c2cc(C)ccc2C)cn1. The van der Waals surface area contributed by atoms with Gasteiger partial charge >= 0.3 is 0 Å². The van der Waals surface area contributed by atoms with E-state index in [1.807, 2.05) is 19.1 Å². The lowest BCUT2D eigenvalue weighted by Gasteiger charge is -2.11. The number of unbranched alkanes of at least 4 members (excludes halogenated alkanes) is 2. The van der Waals surface area contributed by atoms with Crippen LogP contribution in [0.15, 0.2) is 41.4 Å². The van der Waals surface area contributed by atoms with E-state index in [9.17, 15) is 8.42 Å². The van der Waals surface area contributed by atoms with Crippen LogP contribution in [0.25, 0.3) is 0 Å². The molecule has 0 saturated heterocycles. The van der Waals surface area contributed by atoms with Gasteiger partial charge in [0.25, 0.3) is 10.0 Å². The second-order valence-electron chi connectivity index (χ2n) is 5.94. The van der Waals surface area contributed by atoms with Gasteiger partial charge in [0.2, 0.25) is 0 Å². The normalized spacial score (nSPS) is 11.3. The average molecular weight is 347 g/mol. The highest BCUT2D eigenvalue weighted by molar-refractivity contribution is 7.92. The van der Waals surface area contributed by atoms with Crippen molar-refractivity contribution >= 4 is 21.5 Å². The van der Waals surface area contributed by atoms with E-state index >= 15 is 0 Å². The van der Waals surface area contributed by atoms with Gasteiger partial charge < -0.3 is 5.32 Å². The highest BCUT2D eigenvalue weighted by Gasteiger charge is 2.17. The molecule has 0 unspecified atom stereocenters. The number of rotatable bonds is 8. The van der Waals surface area contributed by atoms with Gasteiger partial charge in [-0.25, -0.2) is 13.4 Å². The number of sulfonamides is 1. The van der Waals surface area contributed by atoms with E-state index in [-0.39, 0.29) is 0 Å². The van der Waals surface area contributed by atoms with Crippen LogP contribution >= 0.6 is 0 Å². The van der Waals surface area contributed by atoms with Crippen LogP contribution in [0.4, 0.5) is 11.5 Å². The molecule has 0 atom stereocenters. The molecule has 0 aliphatic rings. The summed E-state index contributed by atoms with van der Waals surface area (Å²) in [6.45, 7) is 6.69. The number of nitrogens with one attached hydrogen (secondary N) is 2. The third-order valence-corrected chi connectivity index (χ3v) is 5.26. The van der Waals surface area contributed by atoms with Gasteiger partial charge in [0, 0.05) is 6.54 Å². The number of aryl methyl sites for hydroxylation is 2. The zero-order chi connectivity index (χ0) is 17.6. The predicted octanol–water partition coefficient (Wildman–Crippen LogP) is 4.10. The van der Waals surface area contributed by atoms with E-state index in [4.69, 9.17) is 0 Å². The standard InChI is InChI=1S/C18H25N3O2S/c1-4-5-6-11-19-18-10-9-16(13-20-18)21-24(22,23)17-12-14(2)7-8-15(17)3/h7-10,12-13,21H,4-6,11H2,1-3H3,(H,19,20). The fraction of sp³-hybridized carbons (Fsp3) is 0.389. The van der Waals surface area contributed by atoms with E-state index in [1.165, 1.54) is 19.0 Å². The summed E-state index contributed by atoms with van der Waals surface area (Å²) in [5.41, 5.74) is 2.08. The fourth-order valence-electron chi connectivity index (χ4n) is 2.36. The molecule has 0 aliphatic carbocycles. The molecule has 0 spiro atoms.